The molecule has 2 aromatic rings. The van der Waals surface area contributed by atoms with E-state index in [0.717, 1.165) is 0 Å². The Morgan fingerprint density at radius 1 is 1.40 bits per heavy atom. The van der Waals surface area contributed by atoms with E-state index in [1.165, 1.54) is 30.3 Å². The fraction of sp³-hybridized carbons (Fsp3) is 0.154. The van der Waals surface area contributed by atoms with E-state index in [-0.39, 0.29) is 29.2 Å². The van der Waals surface area contributed by atoms with Gasteiger partial charge in [0.05, 0.1) is 12.7 Å². The number of rotatable bonds is 4. The summed E-state index contributed by atoms with van der Waals surface area (Å²) in [4.78, 5) is 21.8. The molecule has 7 nitrogen and oxygen atoms in total. The summed E-state index contributed by atoms with van der Waals surface area (Å²) in [7, 11) is 0. The highest BCUT2D eigenvalue weighted by Gasteiger charge is 2.22. The van der Waals surface area contributed by atoms with Crippen LogP contribution in [-0.2, 0) is 4.74 Å². The standard InChI is InChI=1S/C13H11NO6/c1-2-19-13(16)12-8(4-3-5-9(12)15)10-6-7-11(20-10)14(17)18/h3-7,15H,2H2,1H3. The number of esters is 1. The molecule has 0 aliphatic heterocycles. The molecule has 0 fully saturated rings. The highest BCUT2D eigenvalue weighted by Crippen LogP contribution is 2.33. The number of hydrogen-bond acceptors (Lipinski definition) is 6. The number of ether oxygens (including phenoxy) is 1. The fourth-order valence-corrected chi connectivity index (χ4v) is 1.73. The lowest BCUT2D eigenvalue weighted by Gasteiger charge is -2.08. The first kappa shape index (κ1) is 13.6. The van der Waals surface area contributed by atoms with Crippen molar-refractivity contribution in [1.29, 1.82) is 0 Å². The van der Waals surface area contributed by atoms with Gasteiger partial charge in [-0.25, -0.2) is 4.79 Å². The minimum atomic E-state index is -0.723. The molecule has 0 saturated carbocycles. The number of nitro groups is 1. The largest absolute Gasteiger partial charge is 0.507 e. The Hall–Kier alpha value is -2.83. The van der Waals surface area contributed by atoms with Crippen LogP contribution in [0, 0.1) is 10.1 Å². The molecule has 104 valence electrons. The number of nitrogens with zero attached hydrogens (tertiary/aromatic N) is 1. The topological polar surface area (TPSA) is 103 Å². The van der Waals surface area contributed by atoms with E-state index < -0.39 is 16.8 Å². The molecular formula is C13H11NO6. The van der Waals surface area contributed by atoms with Crippen LogP contribution in [0.3, 0.4) is 0 Å². The summed E-state index contributed by atoms with van der Waals surface area (Å²) in [6, 6.07) is 6.87. The zero-order valence-electron chi connectivity index (χ0n) is 10.5. The van der Waals surface area contributed by atoms with Crippen molar-refractivity contribution < 1.29 is 24.0 Å². The van der Waals surface area contributed by atoms with Crippen LogP contribution >= 0.6 is 0 Å². The number of phenolic OH excluding ortho intramolecular Hbond substituents is 1. The van der Waals surface area contributed by atoms with Crippen LogP contribution in [0.2, 0.25) is 0 Å². The van der Waals surface area contributed by atoms with Gasteiger partial charge in [0.15, 0.2) is 0 Å². The molecule has 0 spiro atoms. The lowest BCUT2D eigenvalue weighted by molar-refractivity contribution is -0.401. The van der Waals surface area contributed by atoms with Crippen molar-refractivity contribution in [3.8, 4) is 17.1 Å². The molecule has 0 saturated heterocycles. The van der Waals surface area contributed by atoms with Gasteiger partial charge in [-0.05, 0) is 19.1 Å². The summed E-state index contributed by atoms with van der Waals surface area (Å²) in [5.74, 6) is -1.34. The van der Waals surface area contributed by atoms with E-state index in [1.54, 1.807) is 6.92 Å². The van der Waals surface area contributed by atoms with Gasteiger partial charge in [0.1, 0.15) is 22.0 Å². The van der Waals surface area contributed by atoms with Gasteiger partial charge in [-0.1, -0.05) is 12.1 Å². The highest BCUT2D eigenvalue weighted by molar-refractivity contribution is 5.99. The van der Waals surface area contributed by atoms with Crippen molar-refractivity contribution in [2.75, 3.05) is 6.61 Å². The summed E-state index contributed by atoms with van der Waals surface area (Å²) < 4.78 is 9.89. The number of benzene rings is 1. The Bertz CT molecular complexity index is 661. The maximum absolute atomic E-state index is 11.8. The molecule has 1 N–H and O–H groups in total. The van der Waals surface area contributed by atoms with E-state index in [2.05, 4.69) is 0 Å². The first-order valence-corrected chi connectivity index (χ1v) is 5.78. The van der Waals surface area contributed by atoms with Gasteiger partial charge in [0.2, 0.25) is 0 Å². The zero-order chi connectivity index (χ0) is 14.7. The normalized spacial score (nSPS) is 10.2. The Labute approximate surface area is 113 Å². The first-order valence-electron chi connectivity index (χ1n) is 5.78. The molecule has 1 aromatic carbocycles. The van der Waals surface area contributed by atoms with Gasteiger partial charge < -0.3 is 14.3 Å². The fourth-order valence-electron chi connectivity index (χ4n) is 1.73. The van der Waals surface area contributed by atoms with Crippen LogP contribution in [0.15, 0.2) is 34.7 Å². The third-order valence-electron chi connectivity index (χ3n) is 2.56. The summed E-state index contributed by atoms with van der Waals surface area (Å²) >= 11 is 0. The maximum Gasteiger partial charge on any atom is 0.433 e. The average Bonchev–Trinajstić information content (AvgIpc) is 2.88. The van der Waals surface area contributed by atoms with Crippen molar-refractivity contribution in [1.82, 2.24) is 0 Å². The average molecular weight is 277 g/mol. The SMILES string of the molecule is CCOC(=O)c1c(O)cccc1-c1ccc([N+](=O)[O-])o1. The van der Waals surface area contributed by atoms with E-state index >= 15 is 0 Å². The van der Waals surface area contributed by atoms with Gasteiger partial charge in [-0.2, -0.15) is 0 Å². The number of phenols is 1. The van der Waals surface area contributed by atoms with Crippen molar-refractivity contribution in [3.05, 3.63) is 46.0 Å². The van der Waals surface area contributed by atoms with Crippen molar-refractivity contribution in [3.63, 3.8) is 0 Å². The summed E-state index contributed by atoms with van der Waals surface area (Å²) in [5.41, 5.74) is 0.148. The lowest BCUT2D eigenvalue weighted by atomic mass is 10.0. The summed E-state index contributed by atoms with van der Waals surface area (Å²) in [6.45, 7) is 1.78. The van der Waals surface area contributed by atoms with Crippen molar-refractivity contribution >= 4 is 11.9 Å². The minimum absolute atomic E-state index is 0.0846. The monoisotopic (exact) mass is 277 g/mol. The Morgan fingerprint density at radius 2 is 2.15 bits per heavy atom. The Kier molecular flexibility index (Phi) is 3.69. The van der Waals surface area contributed by atoms with Crippen LogP contribution in [0.1, 0.15) is 17.3 Å². The second-order valence-corrected chi connectivity index (χ2v) is 3.82. The Balaban J connectivity index is 2.52. The van der Waals surface area contributed by atoms with Crippen LogP contribution in [0.5, 0.6) is 5.75 Å². The molecular weight excluding hydrogens is 266 g/mol. The number of carbonyl (C=O) groups excluding carboxylic acids is 1. The molecule has 20 heavy (non-hydrogen) atoms. The van der Waals surface area contributed by atoms with Gasteiger partial charge in [-0.3, -0.25) is 10.1 Å². The number of furan rings is 1. The maximum atomic E-state index is 11.8. The van der Waals surface area contributed by atoms with Crippen molar-refractivity contribution in [2.45, 2.75) is 6.92 Å². The zero-order valence-corrected chi connectivity index (χ0v) is 10.5. The van der Waals surface area contributed by atoms with Crippen LogP contribution < -0.4 is 0 Å². The highest BCUT2D eigenvalue weighted by atomic mass is 16.6. The molecule has 0 bridgehead atoms. The van der Waals surface area contributed by atoms with Gasteiger partial charge in [-0.15, -0.1) is 0 Å². The number of hydrogen-bond donors (Lipinski definition) is 1. The minimum Gasteiger partial charge on any atom is -0.507 e. The molecule has 1 heterocycles. The molecule has 0 aliphatic carbocycles. The van der Waals surface area contributed by atoms with Gasteiger partial charge >= 0.3 is 11.9 Å². The lowest BCUT2D eigenvalue weighted by Crippen LogP contribution is -2.06. The van der Waals surface area contributed by atoms with Crippen LogP contribution in [0.4, 0.5) is 5.88 Å². The summed E-state index contributed by atoms with van der Waals surface area (Å²) in [6.07, 6.45) is 0. The van der Waals surface area contributed by atoms with Crippen molar-refractivity contribution in [2.24, 2.45) is 0 Å². The van der Waals surface area contributed by atoms with E-state index in [0.29, 0.717) is 0 Å². The molecule has 2 rings (SSSR count). The second-order valence-electron chi connectivity index (χ2n) is 3.82. The van der Waals surface area contributed by atoms with Crippen LogP contribution in [0.25, 0.3) is 11.3 Å². The Morgan fingerprint density at radius 3 is 2.75 bits per heavy atom. The van der Waals surface area contributed by atoms with E-state index in [9.17, 15) is 20.0 Å². The molecule has 0 amide bonds. The smallest absolute Gasteiger partial charge is 0.433 e. The molecule has 0 unspecified atom stereocenters. The van der Waals surface area contributed by atoms with Crippen LogP contribution in [-0.4, -0.2) is 22.6 Å². The molecule has 0 atom stereocenters. The van der Waals surface area contributed by atoms with E-state index in [1.807, 2.05) is 0 Å². The third kappa shape index (κ3) is 2.46. The summed E-state index contributed by atoms with van der Waals surface area (Å²) in [5, 5.41) is 20.4. The third-order valence-corrected chi connectivity index (χ3v) is 2.56. The molecule has 0 aliphatic rings. The quantitative estimate of drug-likeness (QED) is 0.523. The predicted octanol–water partition coefficient (Wildman–Crippen LogP) is 2.74. The van der Waals surface area contributed by atoms with E-state index in [4.69, 9.17) is 9.15 Å². The number of carbonyl (C=O) groups is 1. The molecule has 7 heteroatoms. The molecule has 1 aromatic heterocycles. The molecule has 0 radical (unpaired) electrons. The predicted molar refractivity (Wildman–Crippen MR) is 68.4 cm³/mol. The number of aromatic hydroxyl groups is 1. The van der Waals surface area contributed by atoms with Gasteiger partial charge in [0, 0.05) is 5.56 Å². The first-order chi connectivity index (χ1) is 9.54. The second kappa shape index (κ2) is 5.43. The van der Waals surface area contributed by atoms with Gasteiger partial charge in [0.25, 0.3) is 0 Å².